The van der Waals surface area contributed by atoms with Crippen LogP contribution in [0, 0.1) is 0 Å². The van der Waals surface area contributed by atoms with Gasteiger partial charge in [-0.05, 0) is 31.0 Å². The van der Waals surface area contributed by atoms with Gasteiger partial charge in [-0.25, -0.2) is 8.42 Å². The van der Waals surface area contributed by atoms with Crippen molar-refractivity contribution in [1.29, 1.82) is 0 Å². The number of methoxy groups -OCH3 is 1. The molecule has 5 nitrogen and oxygen atoms in total. The topological polar surface area (TPSA) is 66.8 Å². The summed E-state index contributed by atoms with van der Waals surface area (Å²) < 4.78 is 32.5. The molecule has 1 aliphatic heterocycles. The summed E-state index contributed by atoms with van der Waals surface area (Å²) in [6.07, 6.45) is 1.45. The summed E-state index contributed by atoms with van der Waals surface area (Å²) in [5, 5.41) is 9.28. The van der Waals surface area contributed by atoms with Crippen LogP contribution in [0.25, 0.3) is 0 Å². The van der Waals surface area contributed by atoms with Crippen molar-refractivity contribution in [3.05, 3.63) is 22.7 Å². The number of sulfonamides is 1. The number of ether oxygens (including phenoxy) is 1. The first-order chi connectivity index (χ1) is 9.00. The summed E-state index contributed by atoms with van der Waals surface area (Å²) in [6.45, 7) is 0.277. The van der Waals surface area contributed by atoms with Crippen LogP contribution in [0.4, 0.5) is 0 Å². The largest absolute Gasteiger partial charge is 0.495 e. The third kappa shape index (κ3) is 2.79. The number of benzene rings is 1. The maximum atomic E-state index is 12.6. The third-order valence-corrected chi connectivity index (χ3v) is 5.71. The van der Waals surface area contributed by atoms with Crippen molar-refractivity contribution in [2.45, 2.75) is 23.8 Å². The Balaban J connectivity index is 2.47. The third-order valence-electron chi connectivity index (χ3n) is 3.25. The van der Waals surface area contributed by atoms with Gasteiger partial charge >= 0.3 is 0 Å². The molecular weight excluding hydrogens is 334 g/mol. The van der Waals surface area contributed by atoms with E-state index in [2.05, 4.69) is 15.9 Å². The first-order valence-electron chi connectivity index (χ1n) is 5.97. The van der Waals surface area contributed by atoms with Crippen LogP contribution in [0.5, 0.6) is 5.75 Å². The van der Waals surface area contributed by atoms with Crippen molar-refractivity contribution in [2.75, 3.05) is 20.3 Å². The van der Waals surface area contributed by atoms with Crippen LogP contribution in [0.2, 0.25) is 0 Å². The maximum Gasteiger partial charge on any atom is 0.247 e. The smallest absolute Gasteiger partial charge is 0.247 e. The minimum absolute atomic E-state index is 0.129. The zero-order valence-corrected chi connectivity index (χ0v) is 12.9. The highest BCUT2D eigenvalue weighted by atomic mass is 79.9. The highest BCUT2D eigenvalue weighted by Gasteiger charge is 2.36. The highest BCUT2D eigenvalue weighted by molar-refractivity contribution is 9.10. The molecule has 0 saturated carbocycles. The molecule has 0 aliphatic carbocycles. The Morgan fingerprint density at radius 3 is 2.89 bits per heavy atom. The van der Waals surface area contributed by atoms with E-state index in [-0.39, 0.29) is 17.5 Å². The second kappa shape index (κ2) is 5.78. The molecule has 1 saturated heterocycles. The molecule has 1 N–H and O–H groups in total. The first-order valence-corrected chi connectivity index (χ1v) is 8.20. The molecule has 0 aromatic heterocycles. The Hall–Kier alpha value is -0.630. The fourth-order valence-electron chi connectivity index (χ4n) is 2.29. The van der Waals surface area contributed by atoms with Crippen LogP contribution < -0.4 is 4.74 Å². The Kier molecular flexibility index (Phi) is 4.50. The molecule has 1 aromatic carbocycles. The number of aliphatic hydroxyl groups is 1. The van der Waals surface area contributed by atoms with Gasteiger partial charge in [0.15, 0.2) is 0 Å². The van der Waals surface area contributed by atoms with Crippen molar-refractivity contribution in [3.63, 3.8) is 0 Å². The zero-order valence-electron chi connectivity index (χ0n) is 10.5. The number of rotatable bonds is 4. The maximum absolute atomic E-state index is 12.6. The zero-order chi connectivity index (χ0) is 14.0. The van der Waals surface area contributed by atoms with Crippen molar-refractivity contribution in [1.82, 2.24) is 4.31 Å². The van der Waals surface area contributed by atoms with Crippen molar-refractivity contribution >= 4 is 26.0 Å². The minimum Gasteiger partial charge on any atom is -0.495 e. The lowest BCUT2D eigenvalue weighted by molar-refractivity contribution is 0.213. The van der Waals surface area contributed by atoms with Crippen LogP contribution in [-0.4, -0.2) is 44.1 Å². The highest BCUT2D eigenvalue weighted by Crippen LogP contribution is 2.33. The second-order valence-electron chi connectivity index (χ2n) is 4.39. The normalized spacial score (nSPS) is 20.7. The molecule has 0 bridgehead atoms. The predicted octanol–water partition coefficient (Wildman–Crippen LogP) is 1.60. The number of hydrogen-bond acceptors (Lipinski definition) is 4. The molecule has 1 heterocycles. The Morgan fingerprint density at radius 2 is 2.26 bits per heavy atom. The summed E-state index contributed by atoms with van der Waals surface area (Å²) in [4.78, 5) is 0.129. The standard InChI is InChI=1S/C12H16BrNO4S/c1-18-11-5-4-9(13)7-12(11)19(16,17)14-6-2-3-10(14)8-15/h4-5,7,10,15H,2-3,6,8H2,1H3. The van der Waals surface area contributed by atoms with E-state index < -0.39 is 10.0 Å². The molecule has 1 fully saturated rings. The Labute approximate surface area is 121 Å². The van der Waals surface area contributed by atoms with Gasteiger partial charge in [0.05, 0.1) is 13.7 Å². The van der Waals surface area contributed by atoms with Crippen molar-refractivity contribution in [2.24, 2.45) is 0 Å². The molecule has 1 atom stereocenters. The van der Waals surface area contributed by atoms with Gasteiger partial charge in [0.2, 0.25) is 10.0 Å². The van der Waals surface area contributed by atoms with E-state index >= 15 is 0 Å². The molecule has 2 rings (SSSR count). The van der Waals surface area contributed by atoms with Crippen molar-refractivity contribution < 1.29 is 18.3 Å². The quantitative estimate of drug-likeness (QED) is 0.896. The number of nitrogens with zero attached hydrogens (tertiary/aromatic N) is 1. The second-order valence-corrected chi connectivity index (χ2v) is 7.16. The predicted molar refractivity (Wildman–Crippen MR) is 74.7 cm³/mol. The fraction of sp³-hybridized carbons (Fsp3) is 0.500. The number of halogens is 1. The van der Waals surface area contributed by atoms with E-state index in [0.29, 0.717) is 23.2 Å². The van der Waals surface area contributed by atoms with Crippen LogP contribution in [0.1, 0.15) is 12.8 Å². The average molecular weight is 350 g/mol. The van der Waals surface area contributed by atoms with E-state index in [9.17, 15) is 13.5 Å². The van der Waals surface area contributed by atoms with Gasteiger partial charge in [-0.1, -0.05) is 15.9 Å². The van der Waals surface area contributed by atoms with Gasteiger partial charge in [-0.2, -0.15) is 4.31 Å². The summed E-state index contributed by atoms with van der Waals surface area (Å²) in [7, 11) is -2.21. The Bertz CT molecular complexity index is 561. The minimum atomic E-state index is -3.65. The van der Waals surface area contributed by atoms with Gasteiger partial charge < -0.3 is 9.84 Å². The van der Waals surface area contributed by atoms with E-state index in [4.69, 9.17) is 4.74 Å². The molecule has 106 valence electrons. The molecule has 0 amide bonds. The average Bonchev–Trinajstić information content (AvgIpc) is 2.87. The van der Waals surface area contributed by atoms with E-state index in [1.165, 1.54) is 17.5 Å². The molecule has 1 aromatic rings. The SMILES string of the molecule is COc1ccc(Br)cc1S(=O)(=O)N1CCCC1CO. The van der Waals surface area contributed by atoms with Gasteiger partial charge in [0.1, 0.15) is 10.6 Å². The molecule has 1 unspecified atom stereocenters. The fourth-order valence-corrected chi connectivity index (χ4v) is 4.67. The first kappa shape index (κ1) is 14.8. The van der Waals surface area contributed by atoms with Gasteiger partial charge in [0, 0.05) is 17.1 Å². The van der Waals surface area contributed by atoms with E-state index in [1.54, 1.807) is 12.1 Å². The number of hydrogen-bond donors (Lipinski definition) is 1. The molecule has 0 spiro atoms. The van der Waals surface area contributed by atoms with Crippen LogP contribution >= 0.6 is 15.9 Å². The molecule has 1 aliphatic rings. The molecule has 7 heteroatoms. The van der Waals surface area contributed by atoms with Gasteiger partial charge in [0.25, 0.3) is 0 Å². The van der Waals surface area contributed by atoms with Crippen molar-refractivity contribution in [3.8, 4) is 5.75 Å². The van der Waals surface area contributed by atoms with Crippen LogP contribution in [-0.2, 0) is 10.0 Å². The Morgan fingerprint density at radius 1 is 1.53 bits per heavy atom. The summed E-state index contributed by atoms with van der Waals surface area (Å²) in [5.74, 6) is 0.312. The van der Waals surface area contributed by atoms with Gasteiger partial charge in [-0.3, -0.25) is 0 Å². The lowest BCUT2D eigenvalue weighted by atomic mass is 10.2. The summed E-state index contributed by atoms with van der Waals surface area (Å²) in [5.41, 5.74) is 0. The summed E-state index contributed by atoms with van der Waals surface area (Å²) >= 11 is 3.27. The monoisotopic (exact) mass is 349 g/mol. The molecular formula is C12H16BrNO4S. The molecule has 0 radical (unpaired) electrons. The lowest BCUT2D eigenvalue weighted by Crippen LogP contribution is -2.37. The summed E-state index contributed by atoms with van der Waals surface area (Å²) in [6, 6.07) is 4.53. The number of aliphatic hydroxyl groups excluding tert-OH is 1. The van der Waals surface area contributed by atoms with Crippen LogP contribution in [0.3, 0.4) is 0 Å². The lowest BCUT2D eigenvalue weighted by Gasteiger charge is -2.23. The van der Waals surface area contributed by atoms with Gasteiger partial charge in [-0.15, -0.1) is 0 Å². The van der Waals surface area contributed by atoms with E-state index in [0.717, 1.165) is 6.42 Å². The van der Waals surface area contributed by atoms with E-state index in [1.807, 2.05) is 0 Å². The molecule has 19 heavy (non-hydrogen) atoms. The van der Waals surface area contributed by atoms with Crippen LogP contribution in [0.15, 0.2) is 27.6 Å².